The standard InChI is InChI=1S/C13H17NO2.ClH/c1-10-5-2-3-6-11(10)9-13(12(15)16)7-4-8-14-13;/h2-3,5-6,14H,4,7-9H2,1H3,(H,15,16);1H/t13-;/m0./s1. The van der Waals surface area contributed by atoms with Gasteiger partial charge < -0.3 is 10.4 Å². The lowest BCUT2D eigenvalue weighted by Gasteiger charge is -2.25. The predicted octanol–water partition coefficient (Wildman–Crippen LogP) is 2.17. The molecule has 1 atom stereocenters. The second-order valence-electron chi connectivity index (χ2n) is 4.52. The zero-order chi connectivity index (χ0) is 11.6. The Kier molecular flexibility index (Phi) is 4.54. The van der Waals surface area contributed by atoms with Crippen LogP contribution in [-0.4, -0.2) is 23.2 Å². The molecule has 94 valence electrons. The number of aryl methyl sites for hydroxylation is 1. The molecule has 0 saturated carbocycles. The molecule has 0 aromatic heterocycles. The second kappa shape index (κ2) is 5.52. The maximum atomic E-state index is 11.4. The molecule has 2 rings (SSSR count). The highest BCUT2D eigenvalue weighted by molar-refractivity contribution is 5.85. The molecule has 1 aliphatic heterocycles. The van der Waals surface area contributed by atoms with Gasteiger partial charge in [0.1, 0.15) is 5.54 Å². The fraction of sp³-hybridized carbons (Fsp3) is 0.462. The number of aliphatic carboxylic acids is 1. The molecule has 0 amide bonds. The molecule has 1 aliphatic rings. The summed E-state index contributed by atoms with van der Waals surface area (Å²) in [6.07, 6.45) is 2.24. The van der Waals surface area contributed by atoms with Crippen molar-refractivity contribution in [3.05, 3.63) is 35.4 Å². The van der Waals surface area contributed by atoms with Crippen molar-refractivity contribution in [2.24, 2.45) is 0 Å². The first-order chi connectivity index (χ1) is 7.64. The minimum absolute atomic E-state index is 0. The normalized spacial score (nSPS) is 23.1. The SMILES string of the molecule is Cc1ccccc1C[C@]1(C(=O)O)CCCN1.Cl. The van der Waals surface area contributed by atoms with Crippen molar-refractivity contribution < 1.29 is 9.90 Å². The molecule has 1 aromatic rings. The Morgan fingerprint density at radius 3 is 2.71 bits per heavy atom. The number of benzene rings is 1. The van der Waals surface area contributed by atoms with Crippen LogP contribution in [-0.2, 0) is 11.2 Å². The van der Waals surface area contributed by atoms with Gasteiger partial charge in [-0.3, -0.25) is 4.79 Å². The van der Waals surface area contributed by atoms with E-state index in [1.54, 1.807) is 0 Å². The summed E-state index contributed by atoms with van der Waals surface area (Å²) in [6, 6.07) is 7.99. The number of carboxylic acids is 1. The summed E-state index contributed by atoms with van der Waals surface area (Å²) in [5.74, 6) is -0.728. The molecule has 0 spiro atoms. The average molecular weight is 256 g/mol. The second-order valence-corrected chi connectivity index (χ2v) is 4.52. The van der Waals surface area contributed by atoms with Crippen LogP contribution in [0.15, 0.2) is 24.3 Å². The lowest BCUT2D eigenvalue weighted by molar-refractivity contribution is -0.144. The number of carbonyl (C=O) groups is 1. The number of halogens is 1. The summed E-state index contributed by atoms with van der Waals surface area (Å²) in [5, 5.41) is 12.5. The molecule has 17 heavy (non-hydrogen) atoms. The van der Waals surface area contributed by atoms with E-state index in [1.165, 1.54) is 0 Å². The van der Waals surface area contributed by atoms with Crippen molar-refractivity contribution >= 4 is 18.4 Å². The number of hydrogen-bond acceptors (Lipinski definition) is 2. The van der Waals surface area contributed by atoms with Crippen LogP contribution in [0.25, 0.3) is 0 Å². The van der Waals surface area contributed by atoms with Crippen molar-refractivity contribution in [1.29, 1.82) is 0 Å². The van der Waals surface area contributed by atoms with Gasteiger partial charge in [0.2, 0.25) is 0 Å². The first kappa shape index (κ1) is 14.0. The predicted molar refractivity (Wildman–Crippen MR) is 69.7 cm³/mol. The van der Waals surface area contributed by atoms with Crippen LogP contribution in [0.1, 0.15) is 24.0 Å². The molecule has 3 nitrogen and oxygen atoms in total. The molecule has 0 bridgehead atoms. The third kappa shape index (κ3) is 2.79. The van der Waals surface area contributed by atoms with E-state index in [2.05, 4.69) is 5.32 Å². The fourth-order valence-electron chi connectivity index (χ4n) is 2.35. The summed E-state index contributed by atoms with van der Waals surface area (Å²) >= 11 is 0. The van der Waals surface area contributed by atoms with E-state index in [-0.39, 0.29) is 12.4 Å². The Morgan fingerprint density at radius 1 is 1.47 bits per heavy atom. The van der Waals surface area contributed by atoms with Gasteiger partial charge in [0, 0.05) is 6.42 Å². The zero-order valence-corrected chi connectivity index (χ0v) is 10.7. The molecule has 0 radical (unpaired) electrons. The van der Waals surface area contributed by atoms with Gasteiger partial charge in [-0.2, -0.15) is 0 Å². The van der Waals surface area contributed by atoms with Gasteiger partial charge in [0.05, 0.1) is 0 Å². The third-order valence-electron chi connectivity index (χ3n) is 3.41. The van der Waals surface area contributed by atoms with Gasteiger partial charge in [-0.1, -0.05) is 24.3 Å². The average Bonchev–Trinajstić information content (AvgIpc) is 2.71. The van der Waals surface area contributed by atoms with E-state index >= 15 is 0 Å². The number of nitrogens with one attached hydrogen (secondary N) is 1. The number of hydrogen-bond donors (Lipinski definition) is 2. The maximum Gasteiger partial charge on any atom is 0.324 e. The molecule has 2 N–H and O–H groups in total. The summed E-state index contributed by atoms with van der Waals surface area (Å²) in [4.78, 5) is 11.4. The first-order valence-corrected chi connectivity index (χ1v) is 5.67. The summed E-state index contributed by atoms with van der Waals surface area (Å²) in [5.41, 5.74) is 1.54. The Labute approximate surface area is 108 Å². The summed E-state index contributed by atoms with van der Waals surface area (Å²) in [7, 11) is 0. The Hall–Kier alpha value is -1.06. The number of carboxylic acid groups (broad SMARTS) is 1. The highest BCUT2D eigenvalue weighted by atomic mass is 35.5. The first-order valence-electron chi connectivity index (χ1n) is 5.67. The molecule has 1 heterocycles. The van der Waals surface area contributed by atoms with Gasteiger partial charge >= 0.3 is 5.97 Å². The van der Waals surface area contributed by atoms with E-state index in [1.807, 2.05) is 31.2 Å². The van der Waals surface area contributed by atoms with Crippen molar-refractivity contribution in [3.8, 4) is 0 Å². The van der Waals surface area contributed by atoms with Crippen LogP contribution in [0, 0.1) is 6.92 Å². The van der Waals surface area contributed by atoms with Crippen LogP contribution in [0.4, 0.5) is 0 Å². The van der Waals surface area contributed by atoms with Crippen molar-refractivity contribution in [2.75, 3.05) is 6.54 Å². The van der Waals surface area contributed by atoms with E-state index in [0.29, 0.717) is 6.42 Å². The topological polar surface area (TPSA) is 49.3 Å². The third-order valence-corrected chi connectivity index (χ3v) is 3.41. The van der Waals surface area contributed by atoms with Gasteiger partial charge in [0.15, 0.2) is 0 Å². The van der Waals surface area contributed by atoms with E-state index in [4.69, 9.17) is 0 Å². The van der Waals surface area contributed by atoms with Crippen molar-refractivity contribution in [2.45, 2.75) is 31.7 Å². The molecule has 1 aromatic carbocycles. The molecule has 0 aliphatic carbocycles. The smallest absolute Gasteiger partial charge is 0.324 e. The quantitative estimate of drug-likeness (QED) is 0.870. The minimum atomic E-state index is -0.744. The Balaban J connectivity index is 0.00000144. The molecule has 4 heteroatoms. The lowest BCUT2D eigenvalue weighted by Crippen LogP contribution is -2.49. The molecule has 0 unspecified atom stereocenters. The van der Waals surface area contributed by atoms with Crippen molar-refractivity contribution in [1.82, 2.24) is 5.32 Å². The van der Waals surface area contributed by atoms with Gasteiger partial charge in [-0.15, -0.1) is 12.4 Å². The molecule has 1 fully saturated rings. The van der Waals surface area contributed by atoms with Crippen molar-refractivity contribution in [3.63, 3.8) is 0 Å². The van der Waals surface area contributed by atoms with E-state index in [9.17, 15) is 9.90 Å². The maximum absolute atomic E-state index is 11.4. The lowest BCUT2D eigenvalue weighted by atomic mass is 9.88. The molecular weight excluding hydrogens is 238 g/mol. The summed E-state index contributed by atoms with van der Waals surface area (Å²) in [6.45, 7) is 2.83. The Bertz CT molecular complexity index is 400. The number of rotatable bonds is 3. The highest BCUT2D eigenvalue weighted by Crippen LogP contribution is 2.25. The fourth-order valence-corrected chi connectivity index (χ4v) is 2.35. The molecule has 1 saturated heterocycles. The Morgan fingerprint density at radius 2 is 2.18 bits per heavy atom. The van der Waals surface area contributed by atoms with Crippen LogP contribution in [0.2, 0.25) is 0 Å². The van der Waals surface area contributed by atoms with Gasteiger partial charge in [-0.25, -0.2) is 0 Å². The van der Waals surface area contributed by atoms with Crippen LogP contribution >= 0.6 is 12.4 Å². The van der Waals surface area contributed by atoms with Crippen LogP contribution in [0.5, 0.6) is 0 Å². The molecular formula is C13H18ClNO2. The van der Waals surface area contributed by atoms with E-state index in [0.717, 1.165) is 30.5 Å². The van der Waals surface area contributed by atoms with Gasteiger partial charge in [-0.05, 0) is 37.4 Å². The van der Waals surface area contributed by atoms with Gasteiger partial charge in [0.25, 0.3) is 0 Å². The van der Waals surface area contributed by atoms with E-state index < -0.39 is 11.5 Å². The largest absolute Gasteiger partial charge is 0.480 e. The van der Waals surface area contributed by atoms with Crippen LogP contribution < -0.4 is 5.32 Å². The van der Waals surface area contributed by atoms with Crippen LogP contribution in [0.3, 0.4) is 0 Å². The highest BCUT2D eigenvalue weighted by Gasteiger charge is 2.41. The summed E-state index contributed by atoms with van der Waals surface area (Å²) < 4.78 is 0. The minimum Gasteiger partial charge on any atom is -0.480 e. The zero-order valence-electron chi connectivity index (χ0n) is 9.90. The monoisotopic (exact) mass is 255 g/mol.